The Labute approximate surface area is 223 Å². The second-order valence-electron chi connectivity index (χ2n) is 10.8. The number of carbonyl (C=O) groups is 1. The molecule has 0 spiro atoms. The summed E-state index contributed by atoms with van der Waals surface area (Å²) >= 11 is 0. The van der Waals surface area contributed by atoms with E-state index in [0.29, 0.717) is 19.7 Å². The number of unbranched alkanes of at least 4 members (excludes halogenated alkanes) is 9. The van der Waals surface area contributed by atoms with E-state index >= 15 is 0 Å². The first-order valence-electron chi connectivity index (χ1n) is 14.3. The molecule has 0 saturated carbocycles. The summed E-state index contributed by atoms with van der Waals surface area (Å²) in [4.78, 5) is 12.3. The zero-order valence-electron chi connectivity index (χ0n) is 23.0. The van der Waals surface area contributed by atoms with Crippen LogP contribution in [0.15, 0.2) is 0 Å². The van der Waals surface area contributed by atoms with Crippen molar-refractivity contribution < 1.29 is 36.9 Å². The van der Waals surface area contributed by atoms with Crippen molar-refractivity contribution in [1.29, 1.82) is 0 Å². The van der Waals surface area contributed by atoms with Crippen LogP contribution in [0.3, 0.4) is 0 Å². The van der Waals surface area contributed by atoms with Gasteiger partial charge in [-0.2, -0.15) is 12.7 Å². The Morgan fingerprint density at radius 3 is 2.22 bits per heavy atom. The Balaban J connectivity index is 1.39. The molecule has 0 unspecified atom stereocenters. The first-order chi connectivity index (χ1) is 17.7. The number of carbonyl (C=O) groups excluding carboxylic acids is 1. The Morgan fingerprint density at radius 2 is 1.57 bits per heavy atom. The average Bonchev–Trinajstić information content (AvgIpc) is 3.32. The highest BCUT2D eigenvalue weighted by atomic mass is 32.2. The average molecular weight is 549 g/mol. The molecule has 0 aromatic carbocycles. The second kappa shape index (κ2) is 15.0. The van der Waals surface area contributed by atoms with E-state index in [1.807, 2.05) is 18.6 Å². The van der Waals surface area contributed by atoms with Crippen molar-refractivity contribution in [3.63, 3.8) is 0 Å². The minimum Gasteiger partial charge on any atom is -0.446 e. The van der Waals surface area contributed by atoms with Crippen molar-refractivity contribution >= 4 is 16.3 Å². The molecule has 4 atom stereocenters. The monoisotopic (exact) mass is 548 g/mol. The number of piperidine rings is 1. The maximum absolute atomic E-state index is 12.4. The van der Waals surface area contributed by atoms with E-state index in [1.54, 1.807) is 0 Å². The van der Waals surface area contributed by atoms with Crippen molar-refractivity contribution in [3.8, 4) is 0 Å². The highest BCUT2D eigenvalue weighted by molar-refractivity contribution is 7.87. The van der Waals surface area contributed by atoms with E-state index < -0.39 is 46.7 Å². The molecule has 11 heteroatoms. The lowest BCUT2D eigenvalue weighted by Gasteiger charge is -2.27. The fraction of sp³-hybridized carbons (Fsp3) is 0.962. The first kappa shape index (κ1) is 30.6. The van der Waals surface area contributed by atoms with Crippen LogP contribution in [-0.2, 0) is 33.9 Å². The van der Waals surface area contributed by atoms with Gasteiger partial charge in [-0.1, -0.05) is 71.1 Å². The standard InChI is InChI=1S/C26H48N2O8S/c1-4-5-6-7-8-9-10-11-12-16-19-32-22-21(34-24-23(22)35-26(2,3)36-24)20-33-25(29)27-37(30,31)28-17-14-13-15-18-28/h21-24H,4-20H2,1-3H3,(H,27,29)/t21-,22+,23-,24-/m1/s1. The van der Waals surface area contributed by atoms with E-state index in [2.05, 4.69) is 6.92 Å². The van der Waals surface area contributed by atoms with Crippen molar-refractivity contribution in [1.82, 2.24) is 9.03 Å². The van der Waals surface area contributed by atoms with Crippen LogP contribution in [-0.4, -0.2) is 75.5 Å². The highest BCUT2D eigenvalue weighted by Gasteiger charge is 2.55. The Hall–Kier alpha value is -0.980. The summed E-state index contributed by atoms with van der Waals surface area (Å²) in [6, 6.07) is 0. The van der Waals surface area contributed by atoms with Crippen molar-refractivity contribution in [2.75, 3.05) is 26.3 Å². The molecule has 0 radical (unpaired) electrons. The van der Waals surface area contributed by atoms with E-state index in [9.17, 15) is 13.2 Å². The van der Waals surface area contributed by atoms with Crippen LogP contribution in [0.1, 0.15) is 104 Å². The third-order valence-electron chi connectivity index (χ3n) is 7.14. The molecule has 0 aromatic heterocycles. The summed E-state index contributed by atoms with van der Waals surface area (Å²) < 4.78 is 57.3. The summed E-state index contributed by atoms with van der Waals surface area (Å²) in [7, 11) is -3.92. The summed E-state index contributed by atoms with van der Waals surface area (Å²) in [6.07, 6.45) is 11.7. The summed E-state index contributed by atoms with van der Waals surface area (Å²) in [6.45, 7) is 7.06. The van der Waals surface area contributed by atoms with Gasteiger partial charge in [0, 0.05) is 19.7 Å². The topological polar surface area (TPSA) is 113 Å². The fourth-order valence-electron chi connectivity index (χ4n) is 5.15. The molecule has 3 aliphatic heterocycles. The maximum atomic E-state index is 12.4. The normalized spacial score (nSPS) is 27.8. The molecule has 1 N–H and O–H groups in total. The minimum atomic E-state index is -3.92. The molecule has 216 valence electrons. The SMILES string of the molecule is CCCCCCCCCCCCO[C@@H]1[C@H]2OC(C)(C)O[C@H]2O[C@@H]1COC(=O)NS(=O)(=O)N1CCCCC1. The van der Waals surface area contributed by atoms with E-state index in [1.165, 1.54) is 55.7 Å². The van der Waals surface area contributed by atoms with Gasteiger partial charge >= 0.3 is 16.3 Å². The number of hydrogen-bond acceptors (Lipinski definition) is 8. The molecular weight excluding hydrogens is 500 g/mol. The number of ether oxygens (including phenoxy) is 5. The van der Waals surface area contributed by atoms with Gasteiger partial charge in [-0.25, -0.2) is 9.52 Å². The van der Waals surface area contributed by atoms with Crippen LogP contribution < -0.4 is 4.72 Å². The molecule has 3 rings (SSSR count). The molecule has 3 fully saturated rings. The van der Waals surface area contributed by atoms with Crippen LogP contribution in [0.2, 0.25) is 0 Å². The lowest BCUT2D eigenvalue weighted by molar-refractivity contribution is -0.221. The number of nitrogens with zero attached hydrogens (tertiary/aromatic N) is 1. The van der Waals surface area contributed by atoms with Gasteiger partial charge in [0.15, 0.2) is 12.1 Å². The lowest BCUT2D eigenvalue weighted by Crippen LogP contribution is -2.46. The van der Waals surface area contributed by atoms with Gasteiger partial charge in [-0.15, -0.1) is 0 Å². The number of hydrogen-bond donors (Lipinski definition) is 1. The van der Waals surface area contributed by atoms with Gasteiger partial charge in [0.2, 0.25) is 0 Å². The van der Waals surface area contributed by atoms with Crippen molar-refractivity contribution in [2.45, 2.75) is 135 Å². The lowest BCUT2D eigenvalue weighted by atomic mass is 10.1. The minimum absolute atomic E-state index is 0.163. The highest BCUT2D eigenvalue weighted by Crippen LogP contribution is 2.39. The molecule has 3 heterocycles. The molecule has 10 nitrogen and oxygen atoms in total. The molecule has 0 aromatic rings. The van der Waals surface area contributed by atoms with E-state index in [4.69, 9.17) is 23.7 Å². The van der Waals surface area contributed by atoms with Gasteiger partial charge in [0.25, 0.3) is 0 Å². The Bertz CT molecular complexity index is 787. The van der Waals surface area contributed by atoms with Crippen molar-refractivity contribution in [3.05, 3.63) is 0 Å². The van der Waals surface area contributed by atoms with Crippen LogP contribution in [0, 0.1) is 0 Å². The van der Waals surface area contributed by atoms with Gasteiger partial charge < -0.3 is 23.7 Å². The molecule has 1 amide bonds. The molecule has 0 aliphatic carbocycles. The largest absolute Gasteiger partial charge is 0.446 e. The zero-order chi connectivity index (χ0) is 26.7. The smallest absolute Gasteiger partial charge is 0.422 e. The third-order valence-corrected chi connectivity index (χ3v) is 8.61. The second-order valence-corrected chi connectivity index (χ2v) is 12.5. The van der Waals surface area contributed by atoms with Crippen molar-refractivity contribution in [2.24, 2.45) is 0 Å². The van der Waals surface area contributed by atoms with Crippen LogP contribution in [0.4, 0.5) is 4.79 Å². The summed E-state index contributed by atoms with van der Waals surface area (Å²) in [5, 5.41) is 0. The maximum Gasteiger partial charge on any atom is 0.422 e. The van der Waals surface area contributed by atoms with Gasteiger partial charge in [0.05, 0.1) is 0 Å². The quantitative estimate of drug-likeness (QED) is 0.278. The van der Waals surface area contributed by atoms with E-state index in [-0.39, 0.29) is 6.61 Å². The Morgan fingerprint density at radius 1 is 0.946 bits per heavy atom. The zero-order valence-corrected chi connectivity index (χ0v) is 23.8. The van der Waals surface area contributed by atoms with Crippen LogP contribution in [0.25, 0.3) is 0 Å². The van der Waals surface area contributed by atoms with Gasteiger partial charge in [0.1, 0.15) is 24.9 Å². The fourth-order valence-corrected chi connectivity index (χ4v) is 6.29. The number of rotatable bonds is 16. The number of nitrogens with one attached hydrogen (secondary N) is 1. The Kier molecular flexibility index (Phi) is 12.4. The molecule has 0 bridgehead atoms. The van der Waals surface area contributed by atoms with Gasteiger partial charge in [-0.05, 0) is 33.1 Å². The van der Waals surface area contributed by atoms with E-state index in [0.717, 1.165) is 32.1 Å². The molecule has 3 aliphatic rings. The number of fused-ring (bicyclic) bond motifs is 1. The van der Waals surface area contributed by atoms with Crippen LogP contribution >= 0.6 is 0 Å². The third kappa shape index (κ3) is 9.93. The van der Waals surface area contributed by atoms with Gasteiger partial charge in [-0.3, -0.25) is 0 Å². The summed E-state index contributed by atoms with van der Waals surface area (Å²) in [5.41, 5.74) is 0. The summed E-state index contributed by atoms with van der Waals surface area (Å²) in [5.74, 6) is -0.792. The predicted molar refractivity (Wildman–Crippen MR) is 139 cm³/mol. The van der Waals surface area contributed by atoms with Crippen LogP contribution in [0.5, 0.6) is 0 Å². The predicted octanol–water partition coefficient (Wildman–Crippen LogP) is 4.63. The molecule has 3 saturated heterocycles. The molecular formula is C26H48N2O8S. The number of amides is 1. The molecule has 37 heavy (non-hydrogen) atoms. The first-order valence-corrected chi connectivity index (χ1v) is 15.7.